The molecule has 2 aromatic carbocycles. The van der Waals surface area contributed by atoms with Gasteiger partial charge in [0.2, 0.25) is 0 Å². The van der Waals surface area contributed by atoms with E-state index in [1.807, 2.05) is 69.3 Å². The lowest BCUT2D eigenvalue weighted by Crippen LogP contribution is -2.23. The van der Waals surface area contributed by atoms with Crippen LogP contribution in [0.1, 0.15) is 31.9 Å². The zero-order chi connectivity index (χ0) is 15.3. The van der Waals surface area contributed by atoms with Crippen LogP contribution in [0.15, 0.2) is 48.5 Å². The Kier molecular flexibility index (Phi) is 4.86. The third kappa shape index (κ3) is 4.80. The number of aliphatic hydroxyl groups excluding tert-OH is 1. The van der Waals surface area contributed by atoms with E-state index in [9.17, 15) is 0 Å². The lowest BCUT2D eigenvalue weighted by Gasteiger charge is -2.23. The third-order valence-corrected chi connectivity index (χ3v) is 2.99. The Morgan fingerprint density at radius 2 is 1.57 bits per heavy atom. The van der Waals surface area contributed by atoms with E-state index in [1.54, 1.807) is 0 Å². The predicted molar refractivity (Wildman–Crippen MR) is 86.5 cm³/mol. The van der Waals surface area contributed by atoms with Crippen LogP contribution in [-0.2, 0) is 13.2 Å². The van der Waals surface area contributed by atoms with Crippen LogP contribution in [0, 0.1) is 0 Å². The average Bonchev–Trinajstić information content (AvgIpc) is 2.45. The third-order valence-electron chi connectivity index (χ3n) is 2.99. The number of ether oxygens (including phenoxy) is 1. The second kappa shape index (κ2) is 6.64. The molecule has 2 aromatic rings. The molecule has 0 spiro atoms. The predicted octanol–water partition coefficient (Wildman–Crippen LogP) is 3.97. The van der Waals surface area contributed by atoms with E-state index in [0.717, 1.165) is 29.1 Å². The Morgan fingerprint density at radius 3 is 2.19 bits per heavy atom. The molecule has 3 nitrogen and oxygen atoms in total. The van der Waals surface area contributed by atoms with Crippen molar-refractivity contribution in [2.75, 3.05) is 5.32 Å². The lowest BCUT2D eigenvalue weighted by molar-refractivity contribution is 0.132. The number of aliphatic hydroxyl groups is 1. The van der Waals surface area contributed by atoms with Crippen molar-refractivity contribution < 1.29 is 9.84 Å². The molecule has 2 rings (SSSR count). The quantitative estimate of drug-likeness (QED) is 0.873. The first kappa shape index (κ1) is 15.4. The molecule has 112 valence electrons. The van der Waals surface area contributed by atoms with Gasteiger partial charge >= 0.3 is 0 Å². The van der Waals surface area contributed by atoms with Gasteiger partial charge in [-0.3, -0.25) is 0 Å². The molecule has 0 heterocycles. The van der Waals surface area contributed by atoms with Crippen molar-refractivity contribution in [3.05, 3.63) is 59.7 Å². The molecule has 0 aromatic heterocycles. The second-order valence-corrected chi connectivity index (χ2v) is 6.04. The van der Waals surface area contributed by atoms with E-state index in [2.05, 4.69) is 5.32 Å². The molecule has 0 amide bonds. The summed E-state index contributed by atoms with van der Waals surface area (Å²) < 4.78 is 5.96. The molecule has 0 saturated carbocycles. The average molecular weight is 285 g/mol. The second-order valence-electron chi connectivity index (χ2n) is 6.04. The van der Waals surface area contributed by atoms with E-state index in [1.165, 1.54) is 0 Å². The van der Waals surface area contributed by atoms with Crippen molar-refractivity contribution in [3.63, 3.8) is 0 Å². The highest BCUT2D eigenvalue weighted by Crippen LogP contribution is 2.27. The summed E-state index contributed by atoms with van der Waals surface area (Å²) in [6.07, 6.45) is 0. The van der Waals surface area contributed by atoms with E-state index in [0.29, 0.717) is 0 Å². The normalized spacial score (nSPS) is 11.2. The van der Waals surface area contributed by atoms with Crippen LogP contribution >= 0.6 is 0 Å². The number of para-hydroxylation sites is 2. The number of benzene rings is 2. The van der Waals surface area contributed by atoms with E-state index >= 15 is 0 Å². The molecule has 0 saturated heterocycles. The highest BCUT2D eigenvalue weighted by Gasteiger charge is 2.14. The highest BCUT2D eigenvalue weighted by molar-refractivity contribution is 5.56. The van der Waals surface area contributed by atoms with E-state index < -0.39 is 0 Å². The van der Waals surface area contributed by atoms with Gasteiger partial charge in [-0.15, -0.1) is 0 Å². The molecule has 0 unspecified atom stereocenters. The molecule has 0 fully saturated rings. The SMILES string of the molecule is CC(C)(C)Oc1ccccc1NCc1ccc(CO)cc1. The molecule has 21 heavy (non-hydrogen) atoms. The van der Waals surface area contributed by atoms with Crippen molar-refractivity contribution in [2.24, 2.45) is 0 Å². The van der Waals surface area contributed by atoms with Crippen LogP contribution in [0.2, 0.25) is 0 Å². The first-order valence-electron chi connectivity index (χ1n) is 7.18. The van der Waals surface area contributed by atoms with E-state index in [-0.39, 0.29) is 12.2 Å². The summed E-state index contributed by atoms with van der Waals surface area (Å²) in [6, 6.07) is 15.9. The van der Waals surface area contributed by atoms with Gasteiger partial charge < -0.3 is 15.2 Å². The molecule has 2 N–H and O–H groups in total. The number of hydrogen-bond donors (Lipinski definition) is 2. The topological polar surface area (TPSA) is 41.5 Å². The Morgan fingerprint density at radius 1 is 0.952 bits per heavy atom. The van der Waals surface area contributed by atoms with Crippen LogP contribution in [0.4, 0.5) is 5.69 Å². The Balaban J connectivity index is 2.05. The zero-order valence-corrected chi connectivity index (χ0v) is 12.9. The lowest BCUT2D eigenvalue weighted by atomic mass is 10.1. The molecular formula is C18H23NO2. The first-order chi connectivity index (χ1) is 9.98. The van der Waals surface area contributed by atoms with Crippen LogP contribution in [0.5, 0.6) is 5.75 Å². The van der Waals surface area contributed by atoms with Gasteiger partial charge in [0.15, 0.2) is 0 Å². The van der Waals surface area contributed by atoms with Crippen molar-refractivity contribution in [3.8, 4) is 5.75 Å². The van der Waals surface area contributed by atoms with Crippen LogP contribution in [0.25, 0.3) is 0 Å². The summed E-state index contributed by atoms with van der Waals surface area (Å²) in [5.41, 5.74) is 2.85. The summed E-state index contributed by atoms with van der Waals surface area (Å²) in [6.45, 7) is 6.92. The summed E-state index contributed by atoms with van der Waals surface area (Å²) >= 11 is 0. The minimum Gasteiger partial charge on any atom is -0.486 e. The highest BCUT2D eigenvalue weighted by atomic mass is 16.5. The van der Waals surface area contributed by atoms with Gasteiger partial charge in [0.05, 0.1) is 12.3 Å². The van der Waals surface area contributed by atoms with Gasteiger partial charge in [0, 0.05) is 6.54 Å². The zero-order valence-electron chi connectivity index (χ0n) is 12.9. The monoisotopic (exact) mass is 285 g/mol. The van der Waals surface area contributed by atoms with Gasteiger partial charge in [-0.2, -0.15) is 0 Å². The van der Waals surface area contributed by atoms with Gasteiger partial charge in [-0.05, 0) is 44.0 Å². The summed E-state index contributed by atoms with van der Waals surface area (Å²) in [5, 5.41) is 12.5. The maximum atomic E-state index is 9.05. The minimum atomic E-state index is -0.222. The Labute approximate surface area is 126 Å². The summed E-state index contributed by atoms with van der Waals surface area (Å²) in [7, 11) is 0. The Hall–Kier alpha value is -2.00. The molecule has 3 heteroatoms. The molecule has 0 aliphatic heterocycles. The van der Waals surface area contributed by atoms with Gasteiger partial charge in [-0.25, -0.2) is 0 Å². The smallest absolute Gasteiger partial charge is 0.143 e. The molecule has 0 atom stereocenters. The number of rotatable bonds is 5. The van der Waals surface area contributed by atoms with Crippen molar-refractivity contribution in [1.82, 2.24) is 0 Å². The van der Waals surface area contributed by atoms with Crippen LogP contribution in [-0.4, -0.2) is 10.7 Å². The van der Waals surface area contributed by atoms with Crippen molar-refractivity contribution >= 4 is 5.69 Å². The number of anilines is 1. The molecular weight excluding hydrogens is 262 g/mol. The van der Waals surface area contributed by atoms with Crippen molar-refractivity contribution in [1.29, 1.82) is 0 Å². The molecule has 0 aliphatic rings. The van der Waals surface area contributed by atoms with E-state index in [4.69, 9.17) is 9.84 Å². The molecule has 0 bridgehead atoms. The summed E-state index contributed by atoms with van der Waals surface area (Å²) in [4.78, 5) is 0. The van der Waals surface area contributed by atoms with Crippen LogP contribution in [0.3, 0.4) is 0 Å². The fourth-order valence-electron chi connectivity index (χ4n) is 1.99. The van der Waals surface area contributed by atoms with Crippen LogP contribution < -0.4 is 10.1 Å². The van der Waals surface area contributed by atoms with Crippen molar-refractivity contribution in [2.45, 2.75) is 39.5 Å². The molecule has 0 radical (unpaired) electrons. The standard InChI is InChI=1S/C18H23NO2/c1-18(2,3)21-17-7-5-4-6-16(17)19-12-14-8-10-15(13-20)11-9-14/h4-11,19-20H,12-13H2,1-3H3. The van der Waals surface area contributed by atoms with Gasteiger partial charge in [0.1, 0.15) is 11.4 Å². The molecule has 0 aliphatic carbocycles. The maximum Gasteiger partial charge on any atom is 0.143 e. The van der Waals surface area contributed by atoms with Gasteiger partial charge in [-0.1, -0.05) is 36.4 Å². The minimum absolute atomic E-state index is 0.0793. The fourth-order valence-corrected chi connectivity index (χ4v) is 1.99. The van der Waals surface area contributed by atoms with Gasteiger partial charge in [0.25, 0.3) is 0 Å². The fraction of sp³-hybridized carbons (Fsp3) is 0.333. The first-order valence-corrected chi connectivity index (χ1v) is 7.18. The maximum absolute atomic E-state index is 9.05. The number of hydrogen-bond acceptors (Lipinski definition) is 3. The summed E-state index contributed by atoms with van der Waals surface area (Å²) in [5.74, 6) is 0.858. The Bertz CT molecular complexity index is 571. The largest absolute Gasteiger partial charge is 0.486 e. The number of nitrogens with one attached hydrogen (secondary N) is 1.